The second kappa shape index (κ2) is 12.6. The Kier molecular flexibility index (Phi) is 9.56. The van der Waals surface area contributed by atoms with Crippen molar-refractivity contribution in [3.8, 4) is 5.75 Å². The molecule has 1 atom stereocenters. The van der Waals surface area contributed by atoms with Gasteiger partial charge in [0.2, 0.25) is 0 Å². The van der Waals surface area contributed by atoms with E-state index >= 15 is 0 Å². The van der Waals surface area contributed by atoms with E-state index in [-0.39, 0.29) is 12.4 Å². The maximum absolute atomic E-state index is 10.2. The first-order valence-electron chi connectivity index (χ1n) is 11.6. The summed E-state index contributed by atoms with van der Waals surface area (Å²) >= 11 is 0. The van der Waals surface area contributed by atoms with Gasteiger partial charge in [0.15, 0.2) is 0 Å². The van der Waals surface area contributed by atoms with Crippen molar-refractivity contribution in [1.29, 1.82) is 0 Å². The molecule has 1 aliphatic rings. The Hall–Kier alpha value is -2.59. The van der Waals surface area contributed by atoms with E-state index in [0.29, 0.717) is 11.7 Å². The number of halogens is 1. The number of benzene rings is 3. The summed E-state index contributed by atoms with van der Waals surface area (Å²) in [4.78, 5) is 5.78. The van der Waals surface area contributed by atoms with Gasteiger partial charge in [-0.2, -0.15) is 5.06 Å². The van der Waals surface area contributed by atoms with Crippen LogP contribution in [0, 0.1) is 0 Å². The molecule has 3 aromatic rings. The van der Waals surface area contributed by atoms with Crippen LogP contribution < -0.4 is 0 Å². The lowest BCUT2D eigenvalue weighted by atomic mass is 9.87. The van der Waals surface area contributed by atoms with Gasteiger partial charge in [0.25, 0.3) is 0 Å². The van der Waals surface area contributed by atoms with Crippen molar-refractivity contribution in [3.63, 3.8) is 0 Å². The van der Waals surface area contributed by atoms with Crippen LogP contribution in [0.2, 0.25) is 0 Å². The Morgan fingerprint density at radius 1 is 0.939 bits per heavy atom. The molecule has 3 aromatic carbocycles. The Morgan fingerprint density at radius 2 is 1.67 bits per heavy atom. The van der Waals surface area contributed by atoms with Crippen LogP contribution in [-0.2, 0) is 11.3 Å². The van der Waals surface area contributed by atoms with Gasteiger partial charge in [0.05, 0.1) is 7.11 Å². The number of aromatic hydroxyl groups is 1. The first kappa shape index (κ1) is 25.0. The van der Waals surface area contributed by atoms with Crippen molar-refractivity contribution in [2.75, 3.05) is 20.2 Å². The van der Waals surface area contributed by atoms with Crippen molar-refractivity contribution in [1.82, 2.24) is 5.06 Å². The Labute approximate surface area is 204 Å². The molecule has 4 heteroatoms. The molecule has 0 heterocycles. The van der Waals surface area contributed by atoms with Crippen molar-refractivity contribution in [2.45, 2.75) is 38.0 Å². The molecule has 0 fully saturated rings. The fourth-order valence-electron chi connectivity index (χ4n) is 4.75. The molecule has 1 N–H and O–H groups in total. The minimum absolute atomic E-state index is 0. The fourth-order valence-corrected chi connectivity index (χ4v) is 4.75. The van der Waals surface area contributed by atoms with E-state index < -0.39 is 0 Å². The molecular weight excluding hydrogens is 430 g/mol. The maximum atomic E-state index is 10.2. The molecule has 1 unspecified atom stereocenters. The third kappa shape index (κ3) is 6.94. The predicted molar refractivity (Wildman–Crippen MR) is 139 cm³/mol. The van der Waals surface area contributed by atoms with E-state index in [1.807, 2.05) is 12.1 Å². The molecule has 3 nitrogen and oxygen atoms in total. The second-order valence-electron chi connectivity index (χ2n) is 8.62. The number of hydroxylamine groups is 2. The van der Waals surface area contributed by atoms with Gasteiger partial charge in [0.1, 0.15) is 5.75 Å². The number of allylic oxidation sites excluding steroid dienone is 1. The highest BCUT2D eigenvalue weighted by Gasteiger charge is 2.23. The van der Waals surface area contributed by atoms with E-state index in [9.17, 15) is 5.11 Å². The van der Waals surface area contributed by atoms with Gasteiger partial charge < -0.3 is 9.94 Å². The van der Waals surface area contributed by atoms with Crippen molar-refractivity contribution in [2.24, 2.45) is 0 Å². The third-order valence-corrected chi connectivity index (χ3v) is 6.49. The van der Waals surface area contributed by atoms with E-state index in [2.05, 4.69) is 71.8 Å². The second-order valence-corrected chi connectivity index (χ2v) is 8.62. The average molecular weight is 464 g/mol. The molecular formula is C29H34ClNO2. The molecule has 0 amide bonds. The summed E-state index contributed by atoms with van der Waals surface area (Å²) in [6.45, 7) is 1.63. The number of phenols is 1. The zero-order valence-electron chi connectivity index (χ0n) is 19.3. The van der Waals surface area contributed by atoms with Gasteiger partial charge in [-0.15, -0.1) is 12.4 Å². The summed E-state index contributed by atoms with van der Waals surface area (Å²) in [7, 11) is 1.77. The van der Waals surface area contributed by atoms with Gasteiger partial charge in [-0.3, -0.25) is 0 Å². The maximum Gasteiger partial charge on any atom is 0.116 e. The number of hydrogen-bond donors (Lipinski definition) is 1. The number of rotatable bonds is 8. The molecule has 0 aromatic heterocycles. The Balaban J connectivity index is 0.00000306. The van der Waals surface area contributed by atoms with Gasteiger partial charge in [0, 0.05) is 13.1 Å². The van der Waals surface area contributed by atoms with E-state index in [4.69, 9.17) is 4.84 Å². The van der Waals surface area contributed by atoms with Gasteiger partial charge in [-0.1, -0.05) is 72.8 Å². The lowest BCUT2D eigenvalue weighted by Gasteiger charge is -2.24. The summed E-state index contributed by atoms with van der Waals surface area (Å²) < 4.78 is 0. The quantitative estimate of drug-likeness (QED) is 0.364. The first-order valence-corrected chi connectivity index (χ1v) is 11.6. The zero-order chi connectivity index (χ0) is 22.2. The zero-order valence-corrected chi connectivity index (χ0v) is 20.1. The highest BCUT2D eigenvalue weighted by atomic mass is 35.5. The number of phenolic OH excluding ortho intramolecular Hbond substituents is 1. The summed E-state index contributed by atoms with van der Waals surface area (Å²) in [6.07, 6.45) is 5.33. The van der Waals surface area contributed by atoms with Crippen molar-refractivity contribution >= 4 is 18.0 Å². The molecule has 1 aliphatic carbocycles. The number of nitrogens with zero attached hydrogens (tertiary/aromatic N) is 1. The normalized spacial score (nSPS) is 16.4. The van der Waals surface area contributed by atoms with Crippen LogP contribution in [0.4, 0.5) is 0 Å². The summed E-state index contributed by atoms with van der Waals surface area (Å²) in [5.41, 5.74) is 6.63. The minimum Gasteiger partial charge on any atom is -0.508 e. The van der Waals surface area contributed by atoms with Crippen LogP contribution >= 0.6 is 12.4 Å². The van der Waals surface area contributed by atoms with Crippen LogP contribution in [0.25, 0.3) is 5.57 Å². The Morgan fingerprint density at radius 3 is 2.36 bits per heavy atom. The molecule has 0 saturated carbocycles. The van der Waals surface area contributed by atoms with E-state index in [1.165, 1.54) is 28.7 Å². The summed E-state index contributed by atoms with van der Waals surface area (Å²) in [5, 5.41) is 12.2. The Bertz CT molecular complexity index is 1020. The highest BCUT2D eigenvalue weighted by molar-refractivity contribution is 5.85. The average Bonchev–Trinajstić information content (AvgIpc) is 3.05. The van der Waals surface area contributed by atoms with Gasteiger partial charge in [-0.25, -0.2) is 0 Å². The van der Waals surface area contributed by atoms with Crippen LogP contribution in [0.5, 0.6) is 5.75 Å². The lowest BCUT2D eigenvalue weighted by molar-refractivity contribution is -0.123. The van der Waals surface area contributed by atoms with Crippen molar-refractivity contribution in [3.05, 3.63) is 107 Å². The molecule has 0 bridgehead atoms. The molecule has 0 aliphatic heterocycles. The van der Waals surface area contributed by atoms with Gasteiger partial charge >= 0.3 is 0 Å². The minimum atomic E-state index is 0. The monoisotopic (exact) mass is 463 g/mol. The smallest absolute Gasteiger partial charge is 0.116 e. The lowest BCUT2D eigenvalue weighted by Crippen LogP contribution is -2.27. The third-order valence-electron chi connectivity index (χ3n) is 6.49. The van der Waals surface area contributed by atoms with Crippen LogP contribution in [0.3, 0.4) is 0 Å². The molecule has 0 radical (unpaired) electrons. The molecule has 0 spiro atoms. The fraction of sp³-hybridized carbons (Fsp3) is 0.310. The standard InChI is InChI=1S/C29H33NO2.ClH/c1-32-30(19-18-23-10-4-2-5-11-23)22-27-16-8-14-25(24-12-6-3-7-13-24)21-29(27)26-15-9-17-28(31)20-26;/h2-7,9-13,15,17,20,25,31H,8,14,16,18-19,21-22H2,1H3;1H. The van der Waals surface area contributed by atoms with Crippen LogP contribution in [0.15, 0.2) is 90.5 Å². The van der Waals surface area contributed by atoms with Crippen LogP contribution in [0.1, 0.15) is 48.3 Å². The van der Waals surface area contributed by atoms with Gasteiger partial charge in [-0.05, 0) is 78.0 Å². The predicted octanol–water partition coefficient (Wildman–Crippen LogP) is 7.03. The molecule has 0 saturated heterocycles. The van der Waals surface area contributed by atoms with E-state index in [1.54, 1.807) is 13.2 Å². The van der Waals surface area contributed by atoms with E-state index in [0.717, 1.165) is 44.3 Å². The molecule has 4 rings (SSSR count). The highest BCUT2D eigenvalue weighted by Crippen LogP contribution is 2.40. The summed E-state index contributed by atoms with van der Waals surface area (Å²) in [6, 6.07) is 29.1. The topological polar surface area (TPSA) is 32.7 Å². The largest absolute Gasteiger partial charge is 0.508 e. The summed E-state index contributed by atoms with van der Waals surface area (Å²) in [5.74, 6) is 0.814. The SMILES string of the molecule is CON(CCc1ccccc1)CC1=C(c2cccc(O)c2)CC(c2ccccc2)CCC1.Cl. The van der Waals surface area contributed by atoms with Crippen molar-refractivity contribution < 1.29 is 9.94 Å². The number of hydrogen-bond acceptors (Lipinski definition) is 3. The molecule has 33 heavy (non-hydrogen) atoms. The first-order chi connectivity index (χ1) is 15.7. The van der Waals surface area contributed by atoms with Crippen LogP contribution in [-0.4, -0.2) is 30.4 Å². The molecule has 174 valence electrons.